The number of rotatable bonds is 5. The molecule has 90 valence electrons. The molecule has 0 fully saturated rings. The van der Waals surface area contributed by atoms with E-state index in [9.17, 15) is 14.7 Å². The first-order valence-electron chi connectivity index (χ1n) is 5.21. The SMILES string of the molecule is CC(=O)SCCC=Cc1ccc(C=O)c(O)c1. The summed E-state index contributed by atoms with van der Waals surface area (Å²) in [5.74, 6) is 0.741. The minimum atomic E-state index is -0.0136. The van der Waals surface area contributed by atoms with Gasteiger partial charge in [-0.2, -0.15) is 0 Å². The van der Waals surface area contributed by atoms with E-state index in [4.69, 9.17) is 0 Å². The fourth-order valence-electron chi connectivity index (χ4n) is 1.25. The molecule has 0 unspecified atom stereocenters. The van der Waals surface area contributed by atoms with Gasteiger partial charge in [0, 0.05) is 12.7 Å². The highest BCUT2D eigenvalue weighted by Crippen LogP contribution is 2.18. The molecule has 1 N–H and O–H groups in total. The fourth-order valence-corrected chi connectivity index (χ4v) is 1.80. The summed E-state index contributed by atoms with van der Waals surface area (Å²) in [7, 11) is 0. The molecule has 0 aliphatic heterocycles. The highest BCUT2D eigenvalue weighted by atomic mass is 32.2. The lowest BCUT2D eigenvalue weighted by Crippen LogP contribution is -1.84. The predicted octanol–water partition coefficient (Wildman–Crippen LogP) is 2.89. The van der Waals surface area contributed by atoms with Gasteiger partial charge in [-0.3, -0.25) is 9.59 Å². The van der Waals surface area contributed by atoms with Gasteiger partial charge in [0.2, 0.25) is 0 Å². The first-order chi connectivity index (χ1) is 8.13. The maximum Gasteiger partial charge on any atom is 0.185 e. The summed E-state index contributed by atoms with van der Waals surface area (Å²) in [6, 6.07) is 4.88. The second kappa shape index (κ2) is 6.91. The summed E-state index contributed by atoms with van der Waals surface area (Å²) in [4.78, 5) is 21.2. The number of phenolic OH excluding ortho intramolecular Hbond substituents is 1. The van der Waals surface area contributed by atoms with E-state index >= 15 is 0 Å². The topological polar surface area (TPSA) is 54.4 Å². The normalized spacial score (nSPS) is 10.6. The lowest BCUT2D eigenvalue weighted by Gasteiger charge is -1.98. The van der Waals surface area contributed by atoms with Crippen molar-refractivity contribution >= 4 is 29.2 Å². The zero-order valence-corrected chi connectivity index (χ0v) is 10.4. The van der Waals surface area contributed by atoms with Gasteiger partial charge in [-0.1, -0.05) is 30.0 Å². The van der Waals surface area contributed by atoms with Crippen LogP contribution in [0.3, 0.4) is 0 Å². The van der Waals surface area contributed by atoms with Crippen molar-refractivity contribution < 1.29 is 14.7 Å². The molecule has 4 heteroatoms. The first-order valence-corrected chi connectivity index (χ1v) is 6.20. The highest BCUT2D eigenvalue weighted by molar-refractivity contribution is 8.13. The molecule has 0 aliphatic carbocycles. The van der Waals surface area contributed by atoms with Crippen molar-refractivity contribution in [2.75, 3.05) is 5.75 Å². The lowest BCUT2D eigenvalue weighted by molar-refractivity contribution is -0.109. The van der Waals surface area contributed by atoms with Crippen LogP contribution in [0.5, 0.6) is 5.75 Å². The van der Waals surface area contributed by atoms with E-state index in [0.717, 1.165) is 17.7 Å². The summed E-state index contributed by atoms with van der Waals surface area (Å²) in [5.41, 5.74) is 1.12. The third-order valence-corrected chi connectivity index (χ3v) is 2.93. The molecule has 0 spiro atoms. The van der Waals surface area contributed by atoms with E-state index in [1.54, 1.807) is 25.1 Å². The molecule has 1 aromatic rings. The molecule has 0 atom stereocenters. The van der Waals surface area contributed by atoms with Gasteiger partial charge in [-0.25, -0.2) is 0 Å². The van der Waals surface area contributed by atoms with E-state index in [1.165, 1.54) is 11.8 Å². The second-order valence-corrected chi connectivity index (χ2v) is 4.74. The zero-order valence-electron chi connectivity index (χ0n) is 9.55. The van der Waals surface area contributed by atoms with Gasteiger partial charge in [0.15, 0.2) is 11.4 Å². The van der Waals surface area contributed by atoms with Gasteiger partial charge in [0.25, 0.3) is 0 Å². The van der Waals surface area contributed by atoms with Gasteiger partial charge < -0.3 is 5.11 Å². The van der Waals surface area contributed by atoms with Crippen molar-refractivity contribution in [2.24, 2.45) is 0 Å². The van der Waals surface area contributed by atoms with E-state index < -0.39 is 0 Å². The Morgan fingerprint density at radius 2 is 2.24 bits per heavy atom. The average molecular weight is 250 g/mol. The van der Waals surface area contributed by atoms with Crippen LogP contribution in [-0.4, -0.2) is 22.3 Å². The number of allylic oxidation sites excluding steroid dienone is 1. The monoisotopic (exact) mass is 250 g/mol. The molecule has 0 heterocycles. The Labute approximate surface area is 105 Å². The number of hydrogen-bond donors (Lipinski definition) is 1. The molecule has 3 nitrogen and oxygen atoms in total. The molecule has 0 radical (unpaired) electrons. The van der Waals surface area contributed by atoms with Crippen molar-refractivity contribution in [3.63, 3.8) is 0 Å². The summed E-state index contributed by atoms with van der Waals surface area (Å²) in [5, 5.41) is 9.57. The number of thioether (sulfide) groups is 1. The van der Waals surface area contributed by atoms with Crippen molar-refractivity contribution in [2.45, 2.75) is 13.3 Å². The maximum atomic E-state index is 10.7. The Balaban J connectivity index is 2.51. The van der Waals surface area contributed by atoms with Crippen molar-refractivity contribution in [3.8, 4) is 5.75 Å². The van der Waals surface area contributed by atoms with Crippen molar-refractivity contribution in [1.82, 2.24) is 0 Å². The molecule has 0 saturated carbocycles. The van der Waals surface area contributed by atoms with Crippen LogP contribution < -0.4 is 0 Å². The minimum Gasteiger partial charge on any atom is -0.507 e. The Morgan fingerprint density at radius 3 is 2.82 bits per heavy atom. The molecule has 0 bridgehead atoms. The van der Waals surface area contributed by atoms with Gasteiger partial charge in [-0.15, -0.1) is 0 Å². The van der Waals surface area contributed by atoms with Crippen LogP contribution in [0.4, 0.5) is 0 Å². The standard InChI is InChI=1S/C13H14O3S/c1-10(15)17-7-3-2-4-11-5-6-12(9-14)13(16)8-11/h2,4-6,8-9,16H,3,7H2,1H3. The first kappa shape index (κ1) is 13.5. The Morgan fingerprint density at radius 1 is 1.47 bits per heavy atom. The Bertz CT molecular complexity index is 438. The number of carbonyl (C=O) groups excluding carboxylic acids is 2. The van der Waals surface area contributed by atoms with Crippen LogP contribution in [0.25, 0.3) is 6.08 Å². The highest BCUT2D eigenvalue weighted by Gasteiger charge is 1.99. The van der Waals surface area contributed by atoms with E-state index in [2.05, 4.69) is 0 Å². The van der Waals surface area contributed by atoms with Crippen LogP contribution in [-0.2, 0) is 4.79 Å². The maximum absolute atomic E-state index is 10.7. The zero-order chi connectivity index (χ0) is 12.7. The van der Waals surface area contributed by atoms with E-state index in [0.29, 0.717) is 6.29 Å². The lowest BCUT2D eigenvalue weighted by atomic mass is 10.1. The van der Waals surface area contributed by atoms with Gasteiger partial charge in [0.05, 0.1) is 5.56 Å². The molecule has 1 aromatic carbocycles. The molecule has 0 amide bonds. The second-order valence-electron chi connectivity index (χ2n) is 3.47. The molecular weight excluding hydrogens is 236 g/mol. The van der Waals surface area contributed by atoms with Crippen LogP contribution in [0.2, 0.25) is 0 Å². The summed E-state index contributed by atoms with van der Waals surface area (Å²) in [6.45, 7) is 1.55. The third-order valence-electron chi connectivity index (χ3n) is 2.08. The minimum absolute atomic E-state index is 0.0136. The summed E-state index contributed by atoms with van der Waals surface area (Å²) < 4.78 is 0. The molecule has 0 aliphatic rings. The average Bonchev–Trinajstić information content (AvgIpc) is 2.28. The van der Waals surface area contributed by atoms with E-state index in [1.807, 2.05) is 12.2 Å². The molecule has 17 heavy (non-hydrogen) atoms. The van der Waals surface area contributed by atoms with E-state index in [-0.39, 0.29) is 16.4 Å². The van der Waals surface area contributed by atoms with Gasteiger partial charge in [0.1, 0.15) is 5.75 Å². The third kappa shape index (κ3) is 4.87. The quantitative estimate of drug-likeness (QED) is 0.645. The summed E-state index contributed by atoms with van der Waals surface area (Å²) in [6.07, 6.45) is 5.20. The largest absolute Gasteiger partial charge is 0.507 e. The summed E-state index contributed by atoms with van der Waals surface area (Å²) >= 11 is 1.29. The Hall–Kier alpha value is -1.55. The molecule has 0 saturated heterocycles. The number of aldehydes is 1. The number of aromatic hydroxyl groups is 1. The molecule has 0 aromatic heterocycles. The predicted molar refractivity (Wildman–Crippen MR) is 70.3 cm³/mol. The van der Waals surface area contributed by atoms with Gasteiger partial charge in [-0.05, 0) is 24.1 Å². The van der Waals surface area contributed by atoms with Crippen LogP contribution in [0.15, 0.2) is 24.3 Å². The number of benzene rings is 1. The molecular formula is C13H14O3S. The van der Waals surface area contributed by atoms with Crippen LogP contribution >= 0.6 is 11.8 Å². The number of phenols is 1. The van der Waals surface area contributed by atoms with Gasteiger partial charge >= 0.3 is 0 Å². The van der Waals surface area contributed by atoms with Crippen molar-refractivity contribution in [1.29, 1.82) is 0 Å². The number of carbonyl (C=O) groups is 2. The Kier molecular flexibility index (Phi) is 5.49. The fraction of sp³-hybridized carbons (Fsp3) is 0.231. The molecule has 1 rings (SSSR count). The van der Waals surface area contributed by atoms with Crippen LogP contribution in [0, 0.1) is 0 Å². The number of hydrogen-bond acceptors (Lipinski definition) is 4. The van der Waals surface area contributed by atoms with Crippen molar-refractivity contribution in [3.05, 3.63) is 35.4 Å². The van der Waals surface area contributed by atoms with Crippen LogP contribution in [0.1, 0.15) is 29.3 Å². The smallest absolute Gasteiger partial charge is 0.185 e.